The number of hydrogen-bond donors (Lipinski definition) is 3. The van der Waals surface area contributed by atoms with Crippen molar-refractivity contribution in [1.29, 1.82) is 0 Å². The second-order valence-corrected chi connectivity index (χ2v) is 3.69. The number of phenolic OH excluding ortho intramolecular Hbond substituents is 1. The van der Waals surface area contributed by atoms with Crippen molar-refractivity contribution < 1.29 is 19.8 Å². The van der Waals surface area contributed by atoms with Crippen LogP contribution in [0.3, 0.4) is 0 Å². The molecule has 0 bridgehead atoms. The molecule has 0 aliphatic carbocycles. The Kier molecular flexibility index (Phi) is 4.51. The number of para-hydroxylation sites is 1. The number of benzene rings is 1. The van der Waals surface area contributed by atoms with Crippen LogP contribution >= 0.6 is 0 Å². The summed E-state index contributed by atoms with van der Waals surface area (Å²) in [5, 5.41) is 20.7. The molecule has 1 atom stereocenters. The van der Waals surface area contributed by atoms with Crippen molar-refractivity contribution in [2.24, 2.45) is 0 Å². The van der Waals surface area contributed by atoms with Crippen LogP contribution in [0.5, 0.6) is 5.75 Å². The molecule has 0 fully saturated rings. The number of carbonyl (C=O) groups is 2. The number of carboxylic acid groups (broad SMARTS) is 1. The van der Waals surface area contributed by atoms with E-state index in [1.165, 1.54) is 12.1 Å². The molecule has 5 nitrogen and oxygen atoms in total. The summed E-state index contributed by atoms with van der Waals surface area (Å²) in [7, 11) is 0. The second-order valence-electron chi connectivity index (χ2n) is 3.69. The summed E-state index contributed by atoms with van der Waals surface area (Å²) >= 11 is 0. The summed E-state index contributed by atoms with van der Waals surface area (Å²) in [6, 6.07) is 5.71. The van der Waals surface area contributed by atoms with Crippen LogP contribution in [0.2, 0.25) is 0 Å². The Morgan fingerprint density at radius 3 is 2.53 bits per heavy atom. The molecule has 3 N–H and O–H groups in total. The molecule has 1 aromatic carbocycles. The smallest absolute Gasteiger partial charge is 0.305 e. The van der Waals surface area contributed by atoms with E-state index in [0.29, 0.717) is 6.42 Å². The third-order valence-corrected chi connectivity index (χ3v) is 2.40. The average molecular weight is 237 g/mol. The minimum atomic E-state index is -0.963. The van der Waals surface area contributed by atoms with Crippen LogP contribution in [0.4, 0.5) is 0 Å². The maximum absolute atomic E-state index is 11.8. The highest BCUT2D eigenvalue weighted by Crippen LogP contribution is 2.15. The number of hydrogen-bond acceptors (Lipinski definition) is 3. The van der Waals surface area contributed by atoms with E-state index in [-0.39, 0.29) is 17.7 Å². The summed E-state index contributed by atoms with van der Waals surface area (Å²) in [5.74, 6) is -1.54. The van der Waals surface area contributed by atoms with Gasteiger partial charge in [0, 0.05) is 6.04 Å². The van der Waals surface area contributed by atoms with E-state index in [9.17, 15) is 14.7 Å². The van der Waals surface area contributed by atoms with E-state index < -0.39 is 17.9 Å². The molecule has 0 radical (unpaired) electrons. The van der Waals surface area contributed by atoms with Gasteiger partial charge in [-0.2, -0.15) is 0 Å². The molecule has 0 heterocycles. The maximum Gasteiger partial charge on any atom is 0.305 e. The number of aromatic hydroxyl groups is 1. The highest BCUT2D eigenvalue weighted by atomic mass is 16.4. The first-order valence-electron chi connectivity index (χ1n) is 5.35. The molecule has 1 unspecified atom stereocenters. The molecule has 0 saturated heterocycles. The van der Waals surface area contributed by atoms with Gasteiger partial charge in [0.25, 0.3) is 5.91 Å². The first kappa shape index (κ1) is 13.0. The van der Waals surface area contributed by atoms with Crippen LogP contribution in [0.15, 0.2) is 24.3 Å². The first-order chi connectivity index (χ1) is 8.04. The summed E-state index contributed by atoms with van der Waals surface area (Å²) < 4.78 is 0. The number of amides is 1. The zero-order valence-corrected chi connectivity index (χ0v) is 9.51. The van der Waals surface area contributed by atoms with Crippen molar-refractivity contribution in [2.75, 3.05) is 0 Å². The lowest BCUT2D eigenvalue weighted by Crippen LogP contribution is -2.36. The van der Waals surface area contributed by atoms with Gasteiger partial charge in [-0.05, 0) is 18.6 Å². The largest absolute Gasteiger partial charge is 0.507 e. The normalized spacial score (nSPS) is 11.8. The number of aliphatic carboxylic acids is 1. The fraction of sp³-hybridized carbons (Fsp3) is 0.333. The summed E-state index contributed by atoms with van der Waals surface area (Å²) in [4.78, 5) is 22.3. The summed E-state index contributed by atoms with van der Waals surface area (Å²) in [6.45, 7) is 1.79. The van der Waals surface area contributed by atoms with Crippen molar-refractivity contribution in [1.82, 2.24) is 5.32 Å². The maximum atomic E-state index is 11.8. The van der Waals surface area contributed by atoms with Crippen LogP contribution < -0.4 is 5.32 Å². The third kappa shape index (κ3) is 3.79. The fourth-order valence-electron chi connectivity index (χ4n) is 1.44. The minimum Gasteiger partial charge on any atom is -0.507 e. The van der Waals surface area contributed by atoms with Gasteiger partial charge in [-0.3, -0.25) is 9.59 Å². The van der Waals surface area contributed by atoms with Crippen molar-refractivity contribution >= 4 is 11.9 Å². The van der Waals surface area contributed by atoms with Crippen LogP contribution in [0.25, 0.3) is 0 Å². The number of carboxylic acids is 1. The molecule has 92 valence electrons. The van der Waals surface area contributed by atoms with Crippen molar-refractivity contribution in [3.63, 3.8) is 0 Å². The Labute approximate surface area is 99.1 Å². The molecule has 17 heavy (non-hydrogen) atoms. The summed E-state index contributed by atoms with van der Waals surface area (Å²) in [5.41, 5.74) is 0.149. The number of phenols is 1. The highest BCUT2D eigenvalue weighted by molar-refractivity contribution is 5.97. The van der Waals surface area contributed by atoms with Gasteiger partial charge in [-0.15, -0.1) is 0 Å². The highest BCUT2D eigenvalue weighted by Gasteiger charge is 2.16. The summed E-state index contributed by atoms with van der Waals surface area (Å²) in [6.07, 6.45) is 0.390. The molecule has 0 aliphatic heterocycles. The predicted molar refractivity (Wildman–Crippen MR) is 61.9 cm³/mol. The van der Waals surface area contributed by atoms with Gasteiger partial charge in [0.15, 0.2) is 0 Å². The van der Waals surface area contributed by atoms with Gasteiger partial charge in [-0.1, -0.05) is 19.1 Å². The quantitative estimate of drug-likeness (QED) is 0.722. The van der Waals surface area contributed by atoms with E-state index in [0.717, 1.165) is 0 Å². The molecule has 1 aromatic rings. The standard InChI is InChI=1S/C12H15NO4/c1-2-8(7-11(15)16)13-12(17)9-5-3-4-6-10(9)14/h3-6,8,14H,2,7H2,1H3,(H,13,17)(H,15,16). The lowest BCUT2D eigenvalue weighted by atomic mass is 10.1. The molecular weight excluding hydrogens is 222 g/mol. The molecular formula is C12H15NO4. The average Bonchev–Trinajstić information content (AvgIpc) is 2.27. The number of rotatable bonds is 5. The molecule has 5 heteroatoms. The van der Waals surface area contributed by atoms with E-state index in [1.54, 1.807) is 19.1 Å². The van der Waals surface area contributed by atoms with Gasteiger partial charge >= 0.3 is 5.97 Å². The molecule has 1 amide bonds. The Morgan fingerprint density at radius 2 is 2.00 bits per heavy atom. The molecule has 0 spiro atoms. The lowest BCUT2D eigenvalue weighted by Gasteiger charge is -2.15. The molecule has 1 rings (SSSR count). The van der Waals surface area contributed by atoms with Crippen LogP contribution in [-0.2, 0) is 4.79 Å². The molecule has 0 saturated carbocycles. The monoisotopic (exact) mass is 237 g/mol. The topological polar surface area (TPSA) is 86.6 Å². The zero-order chi connectivity index (χ0) is 12.8. The number of carbonyl (C=O) groups excluding carboxylic acids is 1. The molecule has 0 aromatic heterocycles. The Morgan fingerprint density at radius 1 is 1.35 bits per heavy atom. The van der Waals surface area contributed by atoms with Gasteiger partial charge < -0.3 is 15.5 Å². The number of nitrogens with one attached hydrogen (secondary N) is 1. The Hall–Kier alpha value is -2.04. The fourth-order valence-corrected chi connectivity index (χ4v) is 1.44. The first-order valence-corrected chi connectivity index (χ1v) is 5.35. The van der Waals surface area contributed by atoms with Crippen molar-refractivity contribution in [3.05, 3.63) is 29.8 Å². The van der Waals surface area contributed by atoms with Crippen molar-refractivity contribution in [3.8, 4) is 5.75 Å². The third-order valence-electron chi connectivity index (χ3n) is 2.40. The van der Waals surface area contributed by atoms with E-state index in [1.807, 2.05) is 0 Å². The SMILES string of the molecule is CCC(CC(=O)O)NC(=O)c1ccccc1O. The van der Waals surface area contributed by atoms with Gasteiger partial charge in [-0.25, -0.2) is 0 Å². The van der Waals surface area contributed by atoms with Crippen LogP contribution in [-0.4, -0.2) is 28.1 Å². The lowest BCUT2D eigenvalue weighted by molar-refractivity contribution is -0.137. The molecule has 0 aliphatic rings. The van der Waals surface area contributed by atoms with E-state index in [2.05, 4.69) is 5.32 Å². The zero-order valence-electron chi connectivity index (χ0n) is 9.51. The Bertz CT molecular complexity index is 417. The predicted octanol–water partition coefficient (Wildman–Crippen LogP) is 1.38. The van der Waals surface area contributed by atoms with E-state index in [4.69, 9.17) is 5.11 Å². The van der Waals surface area contributed by atoms with Gasteiger partial charge in [0.2, 0.25) is 0 Å². The van der Waals surface area contributed by atoms with Gasteiger partial charge in [0.05, 0.1) is 12.0 Å². The van der Waals surface area contributed by atoms with E-state index >= 15 is 0 Å². The Balaban J connectivity index is 2.71. The second kappa shape index (κ2) is 5.89. The van der Waals surface area contributed by atoms with Crippen molar-refractivity contribution in [2.45, 2.75) is 25.8 Å². The van der Waals surface area contributed by atoms with Crippen LogP contribution in [0.1, 0.15) is 30.1 Å². The van der Waals surface area contributed by atoms with Crippen LogP contribution in [0, 0.1) is 0 Å². The van der Waals surface area contributed by atoms with Gasteiger partial charge in [0.1, 0.15) is 5.75 Å². The minimum absolute atomic E-state index is 0.116.